The third kappa shape index (κ3) is 2.79. The fourth-order valence-corrected chi connectivity index (χ4v) is 2.15. The zero-order valence-corrected chi connectivity index (χ0v) is 11.5. The molecule has 2 N–H and O–H groups in total. The van der Waals surface area contributed by atoms with Crippen molar-refractivity contribution in [3.8, 4) is 0 Å². The van der Waals surface area contributed by atoms with Crippen molar-refractivity contribution < 1.29 is 0 Å². The van der Waals surface area contributed by atoms with Crippen molar-refractivity contribution in [1.29, 1.82) is 0 Å². The van der Waals surface area contributed by atoms with E-state index in [4.69, 9.17) is 0 Å². The van der Waals surface area contributed by atoms with Gasteiger partial charge in [-0.25, -0.2) is 0 Å². The predicted octanol–water partition coefficient (Wildman–Crippen LogP) is 3.19. The summed E-state index contributed by atoms with van der Waals surface area (Å²) < 4.78 is 0. The molecule has 0 saturated heterocycles. The van der Waals surface area contributed by atoms with E-state index in [9.17, 15) is 0 Å². The largest absolute Gasteiger partial charge is 0.306 e. The highest BCUT2D eigenvalue weighted by molar-refractivity contribution is 5.26. The van der Waals surface area contributed by atoms with Crippen molar-refractivity contribution >= 4 is 0 Å². The Kier molecular flexibility index (Phi) is 3.82. The Labute approximate surface area is 109 Å². The molecule has 0 saturated carbocycles. The van der Waals surface area contributed by atoms with Crippen LogP contribution < -0.4 is 5.32 Å². The summed E-state index contributed by atoms with van der Waals surface area (Å²) in [6.07, 6.45) is 0. The Morgan fingerprint density at radius 2 is 2.06 bits per heavy atom. The maximum Gasteiger partial charge on any atom is 0.0638 e. The molecule has 0 spiro atoms. The van der Waals surface area contributed by atoms with Gasteiger partial charge in [0.1, 0.15) is 0 Å². The molecular weight excluding hydrogens is 222 g/mol. The summed E-state index contributed by atoms with van der Waals surface area (Å²) in [5, 5.41) is 10.8. The molecule has 0 radical (unpaired) electrons. The molecule has 1 heterocycles. The molecule has 1 aromatic carbocycles. The minimum absolute atomic E-state index is 0.346. The maximum absolute atomic E-state index is 4.22. The van der Waals surface area contributed by atoms with Crippen LogP contribution >= 0.6 is 0 Å². The molecule has 96 valence electrons. The van der Waals surface area contributed by atoms with E-state index in [-0.39, 0.29) is 0 Å². The standard InChI is InChI=1S/C15H21N3/c1-10-6-5-7-14(8-10)11(2)16-9-15-12(3)17-18-13(15)4/h5-8,11,16H,9H2,1-4H3,(H,17,18)/t11-/m1/s1. The first-order valence-electron chi connectivity index (χ1n) is 6.38. The number of hydrogen-bond acceptors (Lipinski definition) is 2. The number of nitrogens with one attached hydrogen (secondary N) is 2. The summed E-state index contributed by atoms with van der Waals surface area (Å²) in [4.78, 5) is 0. The van der Waals surface area contributed by atoms with E-state index < -0.39 is 0 Å². The molecule has 0 fully saturated rings. The molecule has 0 aliphatic heterocycles. The molecular formula is C15H21N3. The van der Waals surface area contributed by atoms with Crippen LogP contribution in [0.3, 0.4) is 0 Å². The summed E-state index contributed by atoms with van der Waals surface area (Å²) >= 11 is 0. The van der Waals surface area contributed by atoms with E-state index in [2.05, 4.69) is 60.6 Å². The number of aromatic amines is 1. The molecule has 2 aromatic rings. The van der Waals surface area contributed by atoms with Crippen molar-refractivity contribution in [3.05, 3.63) is 52.3 Å². The van der Waals surface area contributed by atoms with Gasteiger partial charge in [0, 0.05) is 23.8 Å². The normalized spacial score (nSPS) is 12.7. The summed E-state index contributed by atoms with van der Waals surface area (Å²) in [5.41, 5.74) is 6.13. The number of nitrogens with zero attached hydrogens (tertiary/aromatic N) is 1. The predicted molar refractivity (Wildman–Crippen MR) is 74.5 cm³/mol. The van der Waals surface area contributed by atoms with E-state index >= 15 is 0 Å². The Balaban J connectivity index is 2.02. The lowest BCUT2D eigenvalue weighted by molar-refractivity contribution is 0.572. The number of aromatic nitrogens is 2. The smallest absolute Gasteiger partial charge is 0.0638 e. The van der Waals surface area contributed by atoms with Crippen LogP contribution in [0.25, 0.3) is 0 Å². The number of benzene rings is 1. The molecule has 3 nitrogen and oxygen atoms in total. The molecule has 3 heteroatoms. The quantitative estimate of drug-likeness (QED) is 0.866. The Bertz CT molecular complexity index is 509. The number of aryl methyl sites for hydroxylation is 3. The highest BCUT2D eigenvalue weighted by Crippen LogP contribution is 2.16. The van der Waals surface area contributed by atoms with Gasteiger partial charge in [-0.1, -0.05) is 29.8 Å². The monoisotopic (exact) mass is 243 g/mol. The zero-order valence-electron chi connectivity index (χ0n) is 11.5. The second-order valence-electron chi connectivity index (χ2n) is 4.93. The number of hydrogen-bond donors (Lipinski definition) is 2. The number of H-pyrrole nitrogens is 1. The van der Waals surface area contributed by atoms with Crippen LogP contribution in [0.4, 0.5) is 0 Å². The first-order valence-corrected chi connectivity index (χ1v) is 6.38. The van der Waals surface area contributed by atoms with Crippen molar-refractivity contribution in [2.75, 3.05) is 0 Å². The van der Waals surface area contributed by atoms with Gasteiger partial charge in [0.15, 0.2) is 0 Å². The minimum Gasteiger partial charge on any atom is -0.306 e. The van der Waals surface area contributed by atoms with Gasteiger partial charge >= 0.3 is 0 Å². The highest BCUT2D eigenvalue weighted by Gasteiger charge is 2.09. The van der Waals surface area contributed by atoms with Gasteiger partial charge in [0.25, 0.3) is 0 Å². The SMILES string of the molecule is Cc1cccc([C@@H](C)NCc2c(C)n[nH]c2C)c1. The van der Waals surface area contributed by atoms with Gasteiger partial charge in [-0.05, 0) is 33.3 Å². The number of rotatable bonds is 4. The third-order valence-electron chi connectivity index (χ3n) is 3.41. The molecule has 2 rings (SSSR count). The maximum atomic E-state index is 4.22. The minimum atomic E-state index is 0.346. The first kappa shape index (κ1) is 12.8. The Morgan fingerprint density at radius 1 is 1.28 bits per heavy atom. The van der Waals surface area contributed by atoms with Crippen molar-refractivity contribution in [1.82, 2.24) is 15.5 Å². The molecule has 0 amide bonds. The van der Waals surface area contributed by atoms with Crippen LogP contribution in [0.15, 0.2) is 24.3 Å². The lowest BCUT2D eigenvalue weighted by Crippen LogP contribution is -2.18. The lowest BCUT2D eigenvalue weighted by Gasteiger charge is -2.15. The average Bonchev–Trinajstić information content (AvgIpc) is 2.66. The summed E-state index contributed by atoms with van der Waals surface area (Å²) in [6.45, 7) is 9.27. The molecule has 1 atom stereocenters. The molecule has 1 aromatic heterocycles. The van der Waals surface area contributed by atoms with Gasteiger partial charge in [-0.2, -0.15) is 5.10 Å². The Hall–Kier alpha value is -1.61. The van der Waals surface area contributed by atoms with Crippen molar-refractivity contribution in [2.24, 2.45) is 0 Å². The van der Waals surface area contributed by atoms with Crippen LogP contribution in [-0.2, 0) is 6.54 Å². The van der Waals surface area contributed by atoms with Gasteiger partial charge < -0.3 is 5.32 Å². The molecule has 18 heavy (non-hydrogen) atoms. The van der Waals surface area contributed by atoms with Gasteiger partial charge in [0.2, 0.25) is 0 Å². The van der Waals surface area contributed by atoms with Crippen LogP contribution in [0.2, 0.25) is 0 Å². The zero-order chi connectivity index (χ0) is 13.1. The second-order valence-corrected chi connectivity index (χ2v) is 4.93. The molecule has 0 aliphatic rings. The van der Waals surface area contributed by atoms with Crippen molar-refractivity contribution in [2.45, 2.75) is 40.3 Å². The van der Waals surface area contributed by atoms with E-state index in [1.165, 1.54) is 16.7 Å². The van der Waals surface area contributed by atoms with E-state index in [0.29, 0.717) is 6.04 Å². The first-order chi connectivity index (χ1) is 8.58. The lowest BCUT2D eigenvalue weighted by atomic mass is 10.1. The van der Waals surface area contributed by atoms with E-state index in [1.807, 2.05) is 6.92 Å². The molecule has 0 unspecified atom stereocenters. The van der Waals surface area contributed by atoms with Gasteiger partial charge in [0.05, 0.1) is 5.69 Å². The molecule has 0 bridgehead atoms. The van der Waals surface area contributed by atoms with Crippen LogP contribution in [0.5, 0.6) is 0 Å². The fraction of sp³-hybridized carbons (Fsp3) is 0.400. The van der Waals surface area contributed by atoms with E-state index in [1.54, 1.807) is 0 Å². The van der Waals surface area contributed by atoms with Crippen LogP contribution in [-0.4, -0.2) is 10.2 Å². The average molecular weight is 243 g/mol. The van der Waals surface area contributed by atoms with Gasteiger partial charge in [-0.15, -0.1) is 0 Å². The van der Waals surface area contributed by atoms with E-state index in [0.717, 1.165) is 17.9 Å². The van der Waals surface area contributed by atoms with Crippen LogP contribution in [0, 0.1) is 20.8 Å². The third-order valence-corrected chi connectivity index (χ3v) is 3.41. The van der Waals surface area contributed by atoms with Crippen molar-refractivity contribution in [3.63, 3.8) is 0 Å². The summed E-state index contributed by atoms with van der Waals surface area (Å²) in [6, 6.07) is 8.98. The van der Waals surface area contributed by atoms with Crippen LogP contribution in [0.1, 0.15) is 41.0 Å². The topological polar surface area (TPSA) is 40.7 Å². The van der Waals surface area contributed by atoms with Gasteiger partial charge in [-0.3, -0.25) is 5.10 Å². The highest BCUT2D eigenvalue weighted by atomic mass is 15.1. The summed E-state index contributed by atoms with van der Waals surface area (Å²) in [5.74, 6) is 0. The Morgan fingerprint density at radius 3 is 2.67 bits per heavy atom. The molecule has 0 aliphatic carbocycles. The fourth-order valence-electron chi connectivity index (χ4n) is 2.15. The summed E-state index contributed by atoms with van der Waals surface area (Å²) in [7, 11) is 0. The second kappa shape index (κ2) is 5.36.